The fraction of sp³-hybridized carbons (Fsp3) is 0.154. The minimum atomic E-state index is -1.23. The molecule has 0 aliphatic rings. The van der Waals surface area contributed by atoms with E-state index in [9.17, 15) is 14.4 Å². The van der Waals surface area contributed by atoms with Crippen LogP contribution in [0.15, 0.2) is 35.9 Å². The van der Waals surface area contributed by atoms with Crippen molar-refractivity contribution in [3.05, 3.63) is 47.0 Å². The third-order valence-corrected chi connectivity index (χ3v) is 1.80. The number of hydrogen-bond acceptors (Lipinski definition) is 3. The van der Waals surface area contributed by atoms with Gasteiger partial charge in [0.05, 0.1) is 11.1 Å². The third kappa shape index (κ3) is 6.62. The highest BCUT2D eigenvalue weighted by Gasteiger charge is 2.13. The largest absolute Gasteiger partial charge is 0.478 e. The van der Waals surface area contributed by atoms with Gasteiger partial charge in [-0.25, -0.2) is 14.4 Å². The lowest BCUT2D eigenvalue weighted by Gasteiger charge is -1.98. The number of benzene rings is 1. The molecule has 0 radical (unpaired) electrons. The second-order valence-corrected chi connectivity index (χ2v) is 3.72. The Morgan fingerprint density at radius 2 is 1.26 bits per heavy atom. The van der Waals surface area contributed by atoms with Crippen LogP contribution in [0.5, 0.6) is 0 Å². The molecule has 0 saturated heterocycles. The summed E-state index contributed by atoms with van der Waals surface area (Å²) in [6.45, 7) is 3.49. The van der Waals surface area contributed by atoms with E-state index in [1.54, 1.807) is 13.8 Å². The molecule has 0 unspecified atom stereocenters. The molecule has 0 atom stereocenters. The number of allylic oxidation sites excluding steroid dienone is 1. The Kier molecular flexibility index (Phi) is 6.59. The van der Waals surface area contributed by atoms with Gasteiger partial charge in [0.15, 0.2) is 0 Å². The maximum atomic E-state index is 10.5. The number of carbonyl (C=O) groups is 3. The molecule has 6 nitrogen and oxygen atoms in total. The Morgan fingerprint density at radius 3 is 1.42 bits per heavy atom. The second kappa shape index (κ2) is 7.65. The van der Waals surface area contributed by atoms with Crippen LogP contribution in [-0.2, 0) is 4.79 Å². The quantitative estimate of drug-likeness (QED) is 0.722. The van der Waals surface area contributed by atoms with Gasteiger partial charge in [0.2, 0.25) is 0 Å². The Morgan fingerprint density at radius 1 is 0.895 bits per heavy atom. The lowest BCUT2D eigenvalue weighted by Crippen LogP contribution is -2.06. The Hall–Kier alpha value is -2.63. The van der Waals surface area contributed by atoms with E-state index in [-0.39, 0.29) is 11.1 Å². The summed E-state index contributed by atoms with van der Waals surface area (Å²) in [5.41, 5.74) is 0.433. The second-order valence-electron chi connectivity index (χ2n) is 3.72. The van der Waals surface area contributed by atoms with Gasteiger partial charge in [-0.3, -0.25) is 0 Å². The van der Waals surface area contributed by atoms with Gasteiger partial charge in [-0.2, -0.15) is 0 Å². The van der Waals surface area contributed by atoms with Crippen LogP contribution in [0.3, 0.4) is 0 Å². The lowest BCUT2D eigenvalue weighted by molar-refractivity contribution is -0.131. The van der Waals surface area contributed by atoms with Crippen molar-refractivity contribution in [3.8, 4) is 0 Å². The van der Waals surface area contributed by atoms with Crippen LogP contribution in [0.25, 0.3) is 0 Å². The third-order valence-electron chi connectivity index (χ3n) is 1.80. The predicted octanol–water partition coefficient (Wildman–Crippen LogP) is 2.12. The Bertz CT molecular complexity index is 479. The summed E-state index contributed by atoms with van der Waals surface area (Å²) in [5, 5.41) is 25.1. The number of carboxylic acid groups (broad SMARTS) is 3. The van der Waals surface area contributed by atoms with E-state index in [1.807, 2.05) is 0 Å². The van der Waals surface area contributed by atoms with Crippen LogP contribution < -0.4 is 0 Å². The molecule has 1 aromatic rings. The molecule has 6 heteroatoms. The van der Waals surface area contributed by atoms with Crippen LogP contribution >= 0.6 is 0 Å². The topological polar surface area (TPSA) is 112 Å². The number of rotatable bonds is 3. The fourth-order valence-corrected chi connectivity index (χ4v) is 1.10. The van der Waals surface area contributed by atoms with Crippen LogP contribution in [0, 0.1) is 0 Å². The molecule has 0 bridgehead atoms. The maximum absolute atomic E-state index is 10.5. The van der Waals surface area contributed by atoms with Gasteiger partial charge >= 0.3 is 17.9 Å². The molecule has 0 amide bonds. The van der Waals surface area contributed by atoms with E-state index in [2.05, 4.69) is 0 Å². The molecule has 102 valence electrons. The fourth-order valence-electron chi connectivity index (χ4n) is 1.10. The molecule has 1 rings (SSSR count). The van der Waals surface area contributed by atoms with E-state index in [1.165, 1.54) is 30.3 Å². The summed E-state index contributed by atoms with van der Waals surface area (Å²) in [6.07, 6.45) is 1.17. The minimum Gasteiger partial charge on any atom is -0.478 e. The first-order chi connectivity index (χ1) is 8.75. The highest BCUT2D eigenvalue weighted by Crippen LogP contribution is 2.07. The van der Waals surface area contributed by atoms with Crippen LogP contribution in [-0.4, -0.2) is 33.2 Å². The van der Waals surface area contributed by atoms with Gasteiger partial charge < -0.3 is 15.3 Å². The molecule has 1 aromatic carbocycles. The lowest BCUT2D eigenvalue weighted by atomic mass is 10.1. The van der Waals surface area contributed by atoms with E-state index >= 15 is 0 Å². The SMILES string of the molecule is CC(C)=CC(=O)O.O=C(O)c1ccccc1C(=O)O. The van der Waals surface area contributed by atoms with Gasteiger partial charge in [0.1, 0.15) is 0 Å². The summed E-state index contributed by atoms with van der Waals surface area (Å²) < 4.78 is 0. The number of aliphatic carboxylic acids is 1. The number of carboxylic acids is 3. The first kappa shape index (κ1) is 16.4. The highest BCUT2D eigenvalue weighted by atomic mass is 16.4. The van der Waals surface area contributed by atoms with Gasteiger partial charge in [-0.1, -0.05) is 17.7 Å². The molecule has 0 fully saturated rings. The number of hydrogen-bond donors (Lipinski definition) is 3. The molecule has 19 heavy (non-hydrogen) atoms. The van der Waals surface area contributed by atoms with Gasteiger partial charge in [0.25, 0.3) is 0 Å². The molecule has 3 N–H and O–H groups in total. The van der Waals surface area contributed by atoms with Crippen LogP contribution in [0.1, 0.15) is 34.6 Å². The zero-order valence-electron chi connectivity index (χ0n) is 10.5. The smallest absolute Gasteiger partial charge is 0.336 e. The van der Waals surface area contributed by atoms with E-state index in [0.717, 1.165) is 5.57 Å². The zero-order chi connectivity index (χ0) is 15.0. The molecule has 0 aliphatic carbocycles. The highest BCUT2D eigenvalue weighted by molar-refractivity contribution is 6.01. The van der Waals surface area contributed by atoms with Crippen molar-refractivity contribution in [3.63, 3.8) is 0 Å². The van der Waals surface area contributed by atoms with Crippen molar-refractivity contribution >= 4 is 17.9 Å². The summed E-state index contributed by atoms with van der Waals surface area (Å²) in [7, 11) is 0. The van der Waals surface area contributed by atoms with E-state index in [4.69, 9.17) is 15.3 Å². The summed E-state index contributed by atoms with van der Waals surface area (Å²) in [6, 6.07) is 5.48. The van der Waals surface area contributed by atoms with Gasteiger partial charge in [-0.15, -0.1) is 0 Å². The standard InChI is InChI=1S/C8H6O4.C5H8O2/c9-7(10)5-3-1-2-4-6(5)8(11)12;1-4(2)3-5(6)7/h1-4H,(H,9,10)(H,11,12);3H,1-2H3,(H,6,7). The number of aromatic carboxylic acids is 2. The molecule has 0 saturated carbocycles. The van der Waals surface area contributed by atoms with Crippen molar-refractivity contribution in [2.75, 3.05) is 0 Å². The molecule has 0 heterocycles. The van der Waals surface area contributed by atoms with Gasteiger partial charge in [0, 0.05) is 6.08 Å². The molecular formula is C13H14O6. The average Bonchev–Trinajstić information content (AvgIpc) is 2.27. The van der Waals surface area contributed by atoms with Gasteiger partial charge in [-0.05, 0) is 26.0 Å². The zero-order valence-corrected chi connectivity index (χ0v) is 10.5. The van der Waals surface area contributed by atoms with Crippen molar-refractivity contribution in [1.29, 1.82) is 0 Å². The van der Waals surface area contributed by atoms with Crippen LogP contribution in [0.4, 0.5) is 0 Å². The molecular weight excluding hydrogens is 252 g/mol. The predicted molar refractivity (Wildman–Crippen MR) is 67.4 cm³/mol. The van der Waals surface area contributed by atoms with Crippen molar-refractivity contribution < 1.29 is 29.7 Å². The molecule has 0 aliphatic heterocycles. The van der Waals surface area contributed by atoms with E-state index < -0.39 is 17.9 Å². The first-order valence-corrected chi connectivity index (χ1v) is 5.19. The van der Waals surface area contributed by atoms with E-state index in [0.29, 0.717) is 0 Å². The van der Waals surface area contributed by atoms with Crippen molar-refractivity contribution in [2.45, 2.75) is 13.8 Å². The van der Waals surface area contributed by atoms with Crippen LogP contribution in [0.2, 0.25) is 0 Å². The summed E-state index contributed by atoms with van der Waals surface area (Å²) in [4.78, 5) is 30.7. The van der Waals surface area contributed by atoms with Crippen molar-refractivity contribution in [2.24, 2.45) is 0 Å². The Balaban J connectivity index is 0.000000399. The Labute approximate surface area is 109 Å². The molecule has 0 spiro atoms. The first-order valence-electron chi connectivity index (χ1n) is 5.19. The normalized spacial score (nSPS) is 8.74. The van der Waals surface area contributed by atoms with Crippen molar-refractivity contribution in [1.82, 2.24) is 0 Å². The monoisotopic (exact) mass is 266 g/mol. The average molecular weight is 266 g/mol. The molecule has 0 aromatic heterocycles. The minimum absolute atomic E-state index is 0.190. The summed E-state index contributed by atoms with van der Waals surface area (Å²) >= 11 is 0. The summed E-state index contributed by atoms with van der Waals surface area (Å²) in [5.74, 6) is -3.33. The maximum Gasteiger partial charge on any atom is 0.336 e.